The minimum atomic E-state index is 0.00804. The molecule has 2 heterocycles. The third-order valence-electron chi connectivity index (χ3n) is 4.62. The third kappa shape index (κ3) is 4.70. The summed E-state index contributed by atoms with van der Waals surface area (Å²) in [6, 6.07) is 0.00804. The van der Waals surface area contributed by atoms with E-state index in [1.54, 1.807) is 0 Å². The van der Waals surface area contributed by atoms with Crippen molar-refractivity contribution >= 4 is 11.8 Å². The van der Waals surface area contributed by atoms with Crippen LogP contribution in [0.1, 0.15) is 51.9 Å². The molecular formula is C16H29N3O2. The van der Waals surface area contributed by atoms with Crippen LogP contribution >= 0.6 is 0 Å². The minimum Gasteiger partial charge on any atom is -0.356 e. The maximum atomic E-state index is 12.4. The van der Waals surface area contributed by atoms with E-state index in [4.69, 9.17) is 0 Å². The standard InChI is InChI=1S/C16H29N3O2/c1-2-3-9-18-15(20)13-7-11-19(12-8-13)16(21)14-6-4-5-10-17-14/h13-14,17H,2-12H2,1H3,(H,18,20)/t14-/m1/s1. The summed E-state index contributed by atoms with van der Waals surface area (Å²) in [5.74, 6) is 0.496. The van der Waals surface area contributed by atoms with Crippen molar-refractivity contribution < 1.29 is 9.59 Å². The quantitative estimate of drug-likeness (QED) is 0.751. The number of carbonyl (C=O) groups excluding carboxylic acids is 2. The van der Waals surface area contributed by atoms with Crippen molar-refractivity contribution in [1.29, 1.82) is 0 Å². The predicted molar refractivity (Wildman–Crippen MR) is 82.9 cm³/mol. The zero-order valence-corrected chi connectivity index (χ0v) is 13.2. The normalized spacial score (nSPS) is 23.9. The molecular weight excluding hydrogens is 266 g/mol. The Balaban J connectivity index is 1.72. The van der Waals surface area contributed by atoms with Crippen LogP contribution < -0.4 is 10.6 Å². The second kappa shape index (κ2) is 8.37. The number of carbonyl (C=O) groups is 2. The van der Waals surface area contributed by atoms with Gasteiger partial charge in [-0.2, -0.15) is 0 Å². The van der Waals surface area contributed by atoms with Crippen LogP contribution in [0.4, 0.5) is 0 Å². The Morgan fingerprint density at radius 2 is 1.95 bits per heavy atom. The van der Waals surface area contributed by atoms with E-state index in [1.807, 2.05) is 4.90 Å². The maximum Gasteiger partial charge on any atom is 0.239 e. The fourth-order valence-corrected chi connectivity index (χ4v) is 3.18. The molecule has 0 spiro atoms. The molecule has 2 rings (SSSR count). The van der Waals surface area contributed by atoms with Crippen LogP contribution in [0, 0.1) is 5.92 Å². The number of rotatable bonds is 5. The molecule has 0 aromatic carbocycles. The van der Waals surface area contributed by atoms with Crippen LogP contribution in [0.25, 0.3) is 0 Å². The first-order chi connectivity index (χ1) is 10.2. The highest BCUT2D eigenvalue weighted by atomic mass is 16.2. The molecule has 2 aliphatic heterocycles. The van der Waals surface area contributed by atoms with Crippen LogP contribution in [0.15, 0.2) is 0 Å². The second-order valence-electron chi connectivity index (χ2n) is 6.25. The van der Waals surface area contributed by atoms with Gasteiger partial charge in [-0.25, -0.2) is 0 Å². The van der Waals surface area contributed by atoms with Gasteiger partial charge in [-0.1, -0.05) is 19.8 Å². The Morgan fingerprint density at radius 1 is 1.19 bits per heavy atom. The zero-order valence-electron chi connectivity index (χ0n) is 13.2. The van der Waals surface area contributed by atoms with Gasteiger partial charge in [0.15, 0.2) is 0 Å². The van der Waals surface area contributed by atoms with Crippen LogP contribution in [0.3, 0.4) is 0 Å². The van der Waals surface area contributed by atoms with Crippen molar-refractivity contribution in [2.75, 3.05) is 26.2 Å². The van der Waals surface area contributed by atoms with E-state index in [2.05, 4.69) is 17.6 Å². The summed E-state index contributed by atoms with van der Waals surface area (Å²) in [7, 11) is 0. The SMILES string of the molecule is CCCCNC(=O)C1CCN(C(=O)[C@H]2CCCCN2)CC1. The van der Waals surface area contributed by atoms with Crippen molar-refractivity contribution in [2.45, 2.75) is 57.9 Å². The maximum absolute atomic E-state index is 12.4. The van der Waals surface area contributed by atoms with Crippen molar-refractivity contribution in [2.24, 2.45) is 5.92 Å². The van der Waals surface area contributed by atoms with Gasteiger partial charge in [0.2, 0.25) is 11.8 Å². The van der Waals surface area contributed by atoms with Crippen LogP contribution in [0.2, 0.25) is 0 Å². The number of hydrogen-bond donors (Lipinski definition) is 2. The van der Waals surface area contributed by atoms with Gasteiger partial charge in [-0.15, -0.1) is 0 Å². The first kappa shape index (κ1) is 16.3. The number of hydrogen-bond acceptors (Lipinski definition) is 3. The Kier molecular flexibility index (Phi) is 6.49. The van der Waals surface area contributed by atoms with Crippen LogP contribution in [-0.4, -0.2) is 48.9 Å². The summed E-state index contributed by atoms with van der Waals surface area (Å²) < 4.78 is 0. The number of nitrogens with zero attached hydrogens (tertiary/aromatic N) is 1. The fourth-order valence-electron chi connectivity index (χ4n) is 3.18. The Hall–Kier alpha value is -1.10. The van der Waals surface area contributed by atoms with Crippen molar-refractivity contribution in [3.05, 3.63) is 0 Å². The zero-order chi connectivity index (χ0) is 15.1. The molecule has 120 valence electrons. The molecule has 0 aromatic heterocycles. The molecule has 2 amide bonds. The Labute approximate surface area is 127 Å². The molecule has 0 saturated carbocycles. The molecule has 0 bridgehead atoms. The lowest BCUT2D eigenvalue weighted by molar-refractivity contribution is -0.137. The van der Waals surface area contributed by atoms with Gasteiger partial charge in [0.1, 0.15) is 0 Å². The molecule has 0 aliphatic carbocycles. The first-order valence-corrected chi connectivity index (χ1v) is 8.52. The van der Waals surface area contributed by atoms with Gasteiger partial charge < -0.3 is 15.5 Å². The lowest BCUT2D eigenvalue weighted by Crippen LogP contribution is -2.51. The number of amides is 2. The van der Waals surface area contributed by atoms with Gasteiger partial charge in [0.05, 0.1) is 6.04 Å². The summed E-state index contributed by atoms with van der Waals surface area (Å²) in [4.78, 5) is 26.4. The molecule has 2 fully saturated rings. The van der Waals surface area contributed by atoms with Crippen molar-refractivity contribution in [3.63, 3.8) is 0 Å². The molecule has 5 heteroatoms. The lowest BCUT2D eigenvalue weighted by Gasteiger charge is -2.35. The second-order valence-corrected chi connectivity index (χ2v) is 6.25. The summed E-state index contributed by atoms with van der Waals surface area (Å²) in [6.07, 6.45) is 7.00. The van der Waals surface area contributed by atoms with Crippen LogP contribution in [0.5, 0.6) is 0 Å². The molecule has 0 radical (unpaired) electrons. The number of unbranched alkanes of at least 4 members (excludes halogenated alkanes) is 1. The monoisotopic (exact) mass is 295 g/mol. The highest BCUT2D eigenvalue weighted by Crippen LogP contribution is 2.19. The van der Waals surface area contributed by atoms with Crippen LogP contribution in [-0.2, 0) is 9.59 Å². The summed E-state index contributed by atoms with van der Waals surface area (Å²) >= 11 is 0. The van der Waals surface area contributed by atoms with E-state index in [9.17, 15) is 9.59 Å². The minimum absolute atomic E-state index is 0.00804. The van der Waals surface area contributed by atoms with Gasteiger partial charge in [-0.3, -0.25) is 9.59 Å². The number of nitrogens with one attached hydrogen (secondary N) is 2. The topological polar surface area (TPSA) is 61.4 Å². The molecule has 2 N–H and O–H groups in total. The molecule has 0 unspecified atom stereocenters. The average Bonchev–Trinajstić information content (AvgIpc) is 2.55. The van der Waals surface area contributed by atoms with Gasteiger partial charge in [-0.05, 0) is 38.6 Å². The van der Waals surface area contributed by atoms with E-state index in [-0.39, 0.29) is 23.8 Å². The summed E-state index contributed by atoms with van der Waals surface area (Å²) in [6.45, 7) is 5.30. The number of likely N-dealkylation sites (tertiary alicyclic amines) is 1. The van der Waals surface area contributed by atoms with Crippen molar-refractivity contribution in [3.8, 4) is 0 Å². The number of piperidine rings is 2. The van der Waals surface area contributed by atoms with Gasteiger partial charge >= 0.3 is 0 Å². The summed E-state index contributed by atoms with van der Waals surface area (Å²) in [5, 5.41) is 6.32. The molecule has 1 atom stereocenters. The van der Waals surface area contributed by atoms with E-state index >= 15 is 0 Å². The predicted octanol–water partition coefficient (Wildman–Crippen LogP) is 1.28. The molecule has 2 saturated heterocycles. The average molecular weight is 295 g/mol. The highest BCUT2D eigenvalue weighted by molar-refractivity contribution is 5.83. The molecule has 21 heavy (non-hydrogen) atoms. The molecule has 0 aromatic rings. The van der Waals surface area contributed by atoms with E-state index in [0.29, 0.717) is 0 Å². The van der Waals surface area contributed by atoms with E-state index < -0.39 is 0 Å². The summed E-state index contributed by atoms with van der Waals surface area (Å²) in [5.41, 5.74) is 0. The van der Waals surface area contributed by atoms with E-state index in [0.717, 1.165) is 64.7 Å². The smallest absolute Gasteiger partial charge is 0.239 e. The molecule has 5 nitrogen and oxygen atoms in total. The van der Waals surface area contributed by atoms with Gasteiger partial charge in [0, 0.05) is 25.6 Å². The lowest BCUT2D eigenvalue weighted by atomic mass is 9.94. The highest BCUT2D eigenvalue weighted by Gasteiger charge is 2.31. The van der Waals surface area contributed by atoms with E-state index in [1.165, 1.54) is 6.42 Å². The fraction of sp³-hybridized carbons (Fsp3) is 0.875. The van der Waals surface area contributed by atoms with Crippen molar-refractivity contribution in [1.82, 2.24) is 15.5 Å². The Morgan fingerprint density at radius 3 is 2.57 bits per heavy atom. The first-order valence-electron chi connectivity index (χ1n) is 8.52. The molecule has 2 aliphatic rings. The Bertz CT molecular complexity index is 345. The largest absolute Gasteiger partial charge is 0.356 e. The van der Waals surface area contributed by atoms with Gasteiger partial charge in [0.25, 0.3) is 0 Å². The third-order valence-corrected chi connectivity index (χ3v) is 4.62.